The summed E-state index contributed by atoms with van der Waals surface area (Å²) < 4.78 is 0. The molecule has 0 radical (unpaired) electrons. The van der Waals surface area contributed by atoms with E-state index in [4.69, 9.17) is 5.73 Å². The normalized spacial score (nSPS) is 17.4. The second kappa shape index (κ2) is 7.22. The van der Waals surface area contributed by atoms with Crippen LogP contribution in [0.3, 0.4) is 0 Å². The van der Waals surface area contributed by atoms with Gasteiger partial charge in [0.15, 0.2) is 0 Å². The van der Waals surface area contributed by atoms with Gasteiger partial charge in [0, 0.05) is 13.1 Å². The molecular formula is C11H21N3O2. The molecule has 0 atom stereocenters. The number of hydrogen-bond acceptors (Lipinski definition) is 3. The molecule has 1 aliphatic heterocycles. The van der Waals surface area contributed by atoms with E-state index in [1.54, 1.807) is 0 Å². The highest BCUT2D eigenvalue weighted by atomic mass is 16.2. The second-order valence-corrected chi connectivity index (χ2v) is 4.13. The molecule has 0 unspecified atom stereocenters. The monoisotopic (exact) mass is 227 g/mol. The van der Waals surface area contributed by atoms with Crippen LogP contribution in [0.15, 0.2) is 0 Å². The third-order valence-corrected chi connectivity index (χ3v) is 2.83. The maximum Gasteiger partial charge on any atom is 0.241 e. The van der Waals surface area contributed by atoms with E-state index in [0.717, 1.165) is 25.9 Å². The van der Waals surface area contributed by atoms with Gasteiger partial charge in [-0.05, 0) is 12.8 Å². The molecular weight excluding hydrogens is 206 g/mol. The Morgan fingerprint density at radius 2 is 1.62 bits per heavy atom. The van der Waals surface area contributed by atoms with Crippen molar-refractivity contribution in [3.8, 4) is 0 Å². The minimum Gasteiger partial charge on any atom is -0.346 e. The molecule has 5 nitrogen and oxygen atoms in total. The molecule has 0 aliphatic carbocycles. The molecule has 1 heterocycles. The highest BCUT2D eigenvalue weighted by molar-refractivity contribution is 5.85. The van der Waals surface area contributed by atoms with Crippen LogP contribution in [0.2, 0.25) is 0 Å². The topological polar surface area (TPSA) is 75.4 Å². The predicted octanol–water partition coefficient (Wildman–Crippen LogP) is -0.146. The van der Waals surface area contributed by atoms with E-state index in [1.807, 2.05) is 4.90 Å². The Kier molecular flexibility index (Phi) is 5.85. The van der Waals surface area contributed by atoms with Crippen LogP contribution in [-0.4, -0.2) is 42.9 Å². The molecule has 3 N–H and O–H groups in total. The summed E-state index contributed by atoms with van der Waals surface area (Å²) in [6.07, 6.45) is 5.79. The van der Waals surface area contributed by atoms with Crippen molar-refractivity contribution in [3.05, 3.63) is 0 Å². The van der Waals surface area contributed by atoms with Crippen molar-refractivity contribution >= 4 is 11.8 Å². The number of amides is 2. The van der Waals surface area contributed by atoms with E-state index in [2.05, 4.69) is 5.32 Å². The zero-order valence-corrected chi connectivity index (χ0v) is 9.71. The van der Waals surface area contributed by atoms with Crippen molar-refractivity contribution < 1.29 is 9.59 Å². The van der Waals surface area contributed by atoms with Crippen molar-refractivity contribution in [2.24, 2.45) is 5.73 Å². The highest BCUT2D eigenvalue weighted by Crippen LogP contribution is 2.10. The second-order valence-electron chi connectivity index (χ2n) is 4.13. The maximum absolute atomic E-state index is 11.8. The molecule has 0 spiro atoms. The quantitative estimate of drug-likeness (QED) is 0.704. The zero-order valence-electron chi connectivity index (χ0n) is 9.71. The van der Waals surface area contributed by atoms with Crippen LogP contribution in [0.4, 0.5) is 0 Å². The predicted molar refractivity (Wildman–Crippen MR) is 61.7 cm³/mol. The lowest BCUT2D eigenvalue weighted by atomic mass is 10.1. The zero-order chi connectivity index (χ0) is 11.8. The maximum atomic E-state index is 11.8. The highest BCUT2D eigenvalue weighted by Gasteiger charge is 2.14. The van der Waals surface area contributed by atoms with Crippen LogP contribution in [0.5, 0.6) is 0 Å². The minimum absolute atomic E-state index is 0.00343. The van der Waals surface area contributed by atoms with Gasteiger partial charge in [0.1, 0.15) is 0 Å². The summed E-state index contributed by atoms with van der Waals surface area (Å²) in [5, 5.41) is 2.51. The summed E-state index contributed by atoms with van der Waals surface area (Å²) in [5.74, 6) is -0.274. The van der Waals surface area contributed by atoms with Crippen LogP contribution in [0.25, 0.3) is 0 Å². The molecule has 0 aromatic carbocycles. The Balaban J connectivity index is 2.30. The van der Waals surface area contributed by atoms with Gasteiger partial charge >= 0.3 is 0 Å². The fourth-order valence-electron chi connectivity index (χ4n) is 1.86. The lowest BCUT2D eigenvalue weighted by Gasteiger charge is -2.24. The first-order valence-corrected chi connectivity index (χ1v) is 5.98. The molecule has 92 valence electrons. The molecule has 16 heavy (non-hydrogen) atoms. The SMILES string of the molecule is NCC(=O)NCC(=O)N1CCCCCCC1. The summed E-state index contributed by atoms with van der Waals surface area (Å²) in [6, 6.07) is 0. The number of hydrogen-bond donors (Lipinski definition) is 2. The molecule has 0 aromatic rings. The minimum atomic E-state index is -0.277. The van der Waals surface area contributed by atoms with Gasteiger partial charge in [0.2, 0.25) is 11.8 Å². The molecule has 0 bridgehead atoms. The van der Waals surface area contributed by atoms with E-state index in [1.165, 1.54) is 19.3 Å². The molecule has 1 aliphatic rings. The van der Waals surface area contributed by atoms with Crippen LogP contribution in [-0.2, 0) is 9.59 Å². The third kappa shape index (κ3) is 4.61. The van der Waals surface area contributed by atoms with Crippen molar-refractivity contribution in [1.82, 2.24) is 10.2 Å². The van der Waals surface area contributed by atoms with Crippen molar-refractivity contribution in [1.29, 1.82) is 0 Å². The summed E-state index contributed by atoms with van der Waals surface area (Å²) in [6.45, 7) is 1.65. The number of carbonyl (C=O) groups is 2. The first-order valence-electron chi connectivity index (χ1n) is 5.98. The van der Waals surface area contributed by atoms with Gasteiger partial charge in [-0.3, -0.25) is 9.59 Å². The molecule has 0 aromatic heterocycles. The molecule has 1 saturated heterocycles. The lowest BCUT2D eigenvalue weighted by molar-refractivity contribution is -0.132. The van der Waals surface area contributed by atoms with E-state index < -0.39 is 0 Å². The van der Waals surface area contributed by atoms with Gasteiger partial charge in [0.05, 0.1) is 13.1 Å². The Morgan fingerprint density at radius 3 is 2.19 bits per heavy atom. The van der Waals surface area contributed by atoms with Crippen molar-refractivity contribution in [2.45, 2.75) is 32.1 Å². The van der Waals surface area contributed by atoms with Crippen molar-refractivity contribution in [3.63, 3.8) is 0 Å². The largest absolute Gasteiger partial charge is 0.346 e. The summed E-state index contributed by atoms with van der Waals surface area (Å²) >= 11 is 0. The average molecular weight is 227 g/mol. The standard InChI is InChI=1S/C11H21N3O2/c12-8-10(15)13-9-11(16)14-6-4-2-1-3-5-7-14/h1-9,12H2,(H,13,15). The summed E-state index contributed by atoms with van der Waals surface area (Å²) in [4.78, 5) is 24.5. The van der Waals surface area contributed by atoms with Gasteiger partial charge in [-0.15, -0.1) is 0 Å². The Bertz CT molecular complexity index is 235. The first-order chi connectivity index (χ1) is 7.74. The molecule has 1 rings (SSSR count). The number of carbonyl (C=O) groups excluding carboxylic acids is 2. The van der Waals surface area contributed by atoms with E-state index in [0.29, 0.717) is 0 Å². The van der Waals surface area contributed by atoms with Crippen LogP contribution in [0, 0.1) is 0 Å². The van der Waals surface area contributed by atoms with Gasteiger partial charge in [-0.2, -0.15) is 0 Å². The molecule has 5 heteroatoms. The average Bonchev–Trinajstić information content (AvgIpc) is 2.25. The van der Waals surface area contributed by atoms with Crippen LogP contribution in [0.1, 0.15) is 32.1 Å². The Morgan fingerprint density at radius 1 is 1.06 bits per heavy atom. The Hall–Kier alpha value is -1.10. The molecule has 0 saturated carbocycles. The third-order valence-electron chi connectivity index (χ3n) is 2.83. The van der Waals surface area contributed by atoms with E-state index in [9.17, 15) is 9.59 Å². The first kappa shape index (κ1) is 13.0. The molecule has 2 amide bonds. The van der Waals surface area contributed by atoms with E-state index >= 15 is 0 Å². The fraction of sp³-hybridized carbons (Fsp3) is 0.818. The van der Waals surface area contributed by atoms with Gasteiger partial charge < -0.3 is 16.0 Å². The fourth-order valence-corrected chi connectivity index (χ4v) is 1.86. The lowest BCUT2D eigenvalue weighted by Crippen LogP contribution is -2.43. The number of rotatable bonds is 3. The smallest absolute Gasteiger partial charge is 0.241 e. The van der Waals surface area contributed by atoms with Gasteiger partial charge in [0.25, 0.3) is 0 Å². The van der Waals surface area contributed by atoms with Crippen LogP contribution >= 0.6 is 0 Å². The summed E-state index contributed by atoms with van der Waals surface area (Å²) in [7, 11) is 0. The van der Waals surface area contributed by atoms with Crippen molar-refractivity contribution in [2.75, 3.05) is 26.2 Å². The van der Waals surface area contributed by atoms with Gasteiger partial charge in [-0.1, -0.05) is 19.3 Å². The number of nitrogens with two attached hydrogens (primary N) is 1. The number of nitrogens with one attached hydrogen (secondary N) is 1. The van der Waals surface area contributed by atoms with Gasteiger partial charge in [-0.25, -0.2) is 0 Å². The number of nitrogens with zero attached hydrogens (tertiary/aromatic N) is 1. The van der Waals surface area contributed by atoms with E-state index in [-0.39, 0.29) is 24.9 Å². The number of likely N-dealkylation sites (tertiary alicyclic amines) is 1. The Labute approximate surface area is 96.4 Å². The molecule has 1 fully saturated rings. The summed E-state index contributed by atoms with van der Waals surface area (Å²) in [5.41, 5.74) is 5.15. The van der Waals surface area contributed by atoms with Crippen LogP contribution < -0.4 is 11.1 Å².